The van der Waals surface area contributed by atoms with Gasteiger partial charge in [0.15, 0.2) is 0 Å². The number of aromatic nitrogens is 1. The summed E-state index contributed by atoms with van der Waals surface area (Å²) < 4.78 is 5.46. The maximum absolute atomic E-state index is 12.5. The maximum atomic E-state index is 12.5. The minimum atomic E-state index is 0. The second kappa shape index (κ2) is 10.7. The van der Waals surface area contributed by atoms with Crippen molar-refractivity contribution < 1.29 is 9.53 Å². The van der Waals surface area contributed by atoms with E-state index in [9.17, 15) is 4.79 Å². The zero-order valence-corrected chi connectivity index (χ0v) is 17.4. The lowest BCUT2D eigenvalue weighted by atomic mass is 10.2. The number of thiazole rings is 1. The Bertz CT molecular complexity index is 694. The standard InChI is InChI=1S/C18H23N3O2S.2ClH/c1-3-23-16-6-4-14(5-7-16)18-20-15(12-24-18)10-17(22)21-9-8-19-11-13(21)2;;/h4-7,12-13,19H,3,8-11H2,1-2H3;2*1H. The fourth-order valence-corrected chi connectivity index (χ4v) is 3.68. The number of benzene rings is 1. The molecule has 0 bridgehead atoms. The monoisotopic (exact) mass is 417 g/mol. The Labute approximate surface area is 171 Å². The second-order valence-corrected chi connectivity index (χ2v) is 6.78. The summed E-state index contributed by atoms with van der Waals surface area (Å²) in [7, 11) is 0. The largest absolute Gasteiger partial charge is 0.494 e. The Hall–Kier alpha value is -1.34. The van der Waals surface area contributed by atoms with Crippen molar-refractivity contribution in [3.63, 3.8) is 0 Å². The quantitative estimate of drug-likeness (QED) is 0.809. The Morgan fingerprint density at radius 3 is 2.73 bits per heavy atom. The highest BCUT2D eigenvalue weighted by molar-refractivity contribution is 7.13. The van der Waals surface area contributed by atoms with Gasteiger partial charge in [0.2, 0.25) is 5.91 Å². The van der Waals surface area contributed by atoms with E-state index in [1.54, 1.807) is 11.3 Å². The normalized spacial score (nSPS) is 16.4. The number of piperazine rings is 1. The Morgan fingerprint density at radius 2 is 2.08 bits per heavy atom. The van der Waals surface area contributed by atoms with Crippen molar-refractivity contribution >= 4 is 42.1 Å². The highest BCUT2D eigenvalue weighted by atomic mass is 35.5. The van der Waals surface area contributed by atoms with Crippen molar-refractivity contribution in [2.75, 3.05) is 26.2 Å². The number of carbonyl (C=O) groups is 1. The summed E-state index contributed by atoms with van der Waals surface area (Å²) in [6.45, 7) is 7.21. The van der Waals surface area contributed by atoms with E-state index >= 15 is 0 Å². The maximum Gasteiger partial charge on any atom is 0.228 e. The van der Waals surface area contributed by atoms with Crippen LogP contribution in [-0.4, -0.2) is 48.1 Å². The van der Waals surface area contributed by atoms with Crippen LogP contribution in [0.5, 0.6) is 5.75 Å². The van der Waals surface area contributed by atoms with Gasteiger partial charge >= 0.3 is 0 Å². The van der Waals surface area contributed by atoms with E-state index in [0.717, 1.165) is 41.6 Å². The minimum absolute atomic E-state index is 0. The molecule has 0 radical (unpaired) electrons. The second-order valence-electron chi connectivity index (χ2n) is 5.92. The van der Waals surface area contributed by atoms with E-state index in [-0.39, 0.29) is 36.8 Å². The van der Waals surface area contributed by atoms with Gasteiger partial charge in [-0.25, -0.2) is 4.98 Å². The number of carbonyl (C=O) groups excluding carboxylic acids is 1. The number of amides is 1. The predicted molar refractivity (Wildman–Crippen MR) is 111 cm³/mol. The zero-order chi connectivity index (χ0) is 16.9. The van der Waals surface area contributed by atoms with Crippen molar-refractivity contribution in [2.45, 2.75) is 26.3 Å². The van der Waals surface area contributed by atoms with Crippen LogP contribution in [0.4, 0.5) is 0 Å². The molecule has 1 aliphatic heterocycles. The molecule has 1 aromatic carbocycles. The minimum Gasteiger partial charge on any atom is -0.494 e. The van der Waals surface area contributed by atoms with Crippen LogP contribution in [0.1, 0.15) is 19.5 Å². The highest BCUT2D eigenvalue weighted by Crippen LogP contribution is 2.26. The Balaban J connectivity index is 0.00000169. The van der Waals surface area contributed by atoms with Gasteiger partial charge in [0, 0.05) is 36.6 Å². The molecular formula is C18H25Cl2N3O2S. The molecule has 3 rings (SSSR count). The van der Waals surface area contributed by atoms with Crippen LogP contribution in [-0.2, 0) is 11.2 Å². The van der Waals surface area contributed by atoms with Crippen LogP contribution in [0.25, 0.3) is 10.6 Å². The summed E-state index contributed by atoms with van der Waals surface area (Å²) in [6, 6.07) is 8.17. The molecule has 1 atom stereocenters. The SMILES string of the molecule is CCOc1ccc(-c2nc(CC(=O)N3CCNCC3C)cs2)cc1.Cl.Cl. The lowest BCUT2D eigenvalue weighted by Crippen LogP contribution is -2.52. The average Bonchev–Trinajstić information content (AvgIpc) is 3.04. The molecule has 2 heterocycles. The molecule has 1 N–H and O–H groups in total. The number of hydrogen-bond donors (Lipinski definition) is 1. The molecule has 1 amide bonds. The third-order valence-electron chi connectivity index (χ3n) is 4.12. The summed E-state index contributed by atoms with van der Waals surface area (Å²) >= 11 is 1.58. The molecule has 26 heavy (non-hydrogen) atoms. The molecule has 0 spiro atoms. The predicted octanol–water partition coefficient (Wildman–Crippen LogP) is 3.42. The first kappa shape index (κ1) is 22.7. The van der Waals surface area contributed by atoms with Gasteiger partial charge in [-0.05, 0) is 38.1 Å². The van der Waals surface area contributed by atoms with Gasteiger partial charge in [0.25, 0.3) is 0 Å². The molecule has 5 nitrogen and oxygen atoms in total. The van der Waals surface area contributed by atoms with Crippen LogP contribution in [0.15, 0.2) is 29.6 Å². The van der Waals surface area contributed by atoms with E-state index in [1.165, 1.54) is 0 Å². The van der Waals surface area contributed by atoms with Crippen LogP contribution >= 0.6 is 36.2 Å². The van der Waals surface area contributed by atoms with Gasteiger partial charge in [-0.15, -0.1) is 36.2 Å². The first-order chi connectivity index (χ1) is 11.7. The van der Waals surface area contributed by atoms with Gasteiger partial charge in [0.05, 0.1) is 18.7 Å². The van der Waals surface area contributed by atoms with Crippen molar-refractivity contribution in [2.24, 2.45) is 0 Å². The summed E-state index contributed by atoms with van der Waals surface area (Å²) in [5, 5.41) is 6.23. The topological polar surface area (TPSA) is 54.5 Å². The fourth-order valence-electron chi connectivity index (χ4n) is 2.85. The van der Waals surface area contributed by atoms with Gasteiger partial charge < -0.3 is 15.0 Å². The third kappa shape index (κ3) is 5.58. The van der Waals surface area contributed by atoms with Crippen molar-refractivity contribution in [1.29, 1.82) is 0 Å². The van der Waals surface area contributed by atoms with E-state index in [0.29, 0.717) is 13.0 Å². The van der Waals surface area contributed by atoms with Crippen molar-refractivity contribution in [3.8, 4) is 16.3 Å². The van der Waals surface area contributed by atoms with Crippen LogP contribution in [0, 0.1) is 0 Å². The van der Waals surface area contributed by atoms with E-state index in [4.69, 9.17) is 4.74 Å². The summed E-state index contributed by atoms with van der Waals surface area (Å²) in [6.07, 6.45) is 0.373. The van der Waals surface area contributed by atoms with Gasteiger partial charge in [-0.2, -0.15) is 0 Å². The summed E-state index contributed by atoms with van der Waals surface area (Å²) in [5.74, 6) is 1.02. The number of rotatable bonds is 5. The van der Waals surface area contributed by atoms with Crippen LogP contribution in [0.2, 0.25) is 0 Å². The summed E-state index contributed by atoms with van der Waals surface area (Å²) in [4.78, 5) is 19.1. The molecule has 2 aromatic rings. The smallest absolute Gasteiger partial charge is 0.228 e. The van der Waals surface area contributed by atoms with Crippen LogP contribution in [0.3, 0.4) is 0 Å². The Morgan fingerprint density at radius 1 is 1.35 bits per heavy atom. The van der Waals surface area contributed by atoms with Gasteiger partial charge in [-0.1, -0.05) is 0 Å². The first-order valence-corrected chi connectivity index (χ1v) is 9.23. The van der Waals surface area contributed by atoms with E-state index in [1.807, 2.05) is 41.5 Å². The highest BCUT2D eigenvalue weighted by Gasteiger charge is 2.23. The molecule has 1 aromatic heterocycles. The van der Waals surface area contributed by atoms with Crippen molar-refractivity contribution in [3.05, 3.63) is 35.3 Å². The fraction of sp³-hybridized carbons (Fsp3) is 0.444. The molecule has 1 unspecified atom stereocenters. The number of ether oxygens (including phenoxy) is 1. The number of nitrogens with zero attached hydrogens (tertiary/aromatic N) is 2. The number of nitrogens with one attached hydrogen (secondary N) is 1. The lowest BCUT2D eigenvalue weighted by Gasteiger charge is -2.33. The molecule has 144 valence electrons. The number of hydrogen-bond acceptors (Lipinski definition) is 5. The summed E-state index contributed by atoms with van der Waals surface area (Å²) in [5.41, 5.74) is 1.90. The molecule has 0 saturated carbocycles. The molecule has 1 saturated heterocycles. The first-order valence-electron chi connectivity index (χ1n) is 8.35. The average molecular weight is 418 g/mol. The zero-order valence-electron chi connectivity index (χ0n) is 14.9. The molecular weight excluding hydrogens is 393 g/mol. The lowest BCUT2D eigenvalue weighted by molar-refractivity contribution is -0.133. The molecule has 1 aliphatic rings. The third-order valence-corrected chi connectivity index (χ3v) is 5.06. The molecule has 1 fully saturated rings. The van der Waals surface area contributed by atoms with Gasteiger partial charge in [-0.3, -0.25) is 4.79 Å². The molecule has 0 aliphatic carbocycles. The Kier molecular flexibility index (Phi) is 9.36. The van der Waals surface area contributed by atoms with E-state index < -0.39 is 0 Å². The molecule has 8 heteroatoms. The van der Waals surface area contributed by atoms with E-state index in [2.05, 4.69) is 17.2 Å². The van der Waals surface area contributed by atoms with Crippen LogP contribution < -0.4 is 10.1 Å². The number of halogens is 2. The van der Waals surface area contributed by atoms with Gasteiger partial charge in [0.1, 0.15) is 10.8 Å². The van der Waals surface area contributed by atoms with Crippen molar-refractivity contribution in [1.82, 2.24) is 15.2 Å².